The molecule has 8 heteroatoms. The molecule has 4 rings (SSSR count). The van der Waals surface area contributed by atoms with Crippen LogP contribution in [0.4, 0.5) is 0 Å². The molecule has 1 atom stereocenters. The van der Waals surface area contributed by atoms with Gasteiger partial charge in [0.2, 0.25) is 5.79 Å². The number of nitrogens with zero attached hydrogens (tertiary/aromatic N) is 2. The predicted octanol–water partition coefficient (Wildman–Crippen LogP) is 2.47. The van der Waals surface area contributed by atoms with Crippen LogP contribution in [-0.4, -0.2) is 55.5 Å². The molecule has 1 fully saturated rings. The third-order valence-corrected chi connectivity index (χ3v) is 7.91. The van der Waals surface area contributed by atoms with E-state index in [1.807, 2.05) is 19.9 Å². The third kappa shape index (κ3) is 3.57. The van der Waals surface area contributed by atoms with Crippen molar-refractivity contribution in [2.24, 2.45) is 4.40 Å². The van der Waals surface area contributed by atoms with E-state index >= 15 is 0 Å². The Morgan fingerprint density at radius 2 is 1.78 bits per heavy atom. The van der Waals surface area contributed by atoms with Crippen molar-refractivity contribution in [2.45, 2.75) is 38.4 Å². The second-order valence-electron chi connectivity index (χ2n) is 8.32. The van der Waals surface area contributed by atoms with Gasteiger partial charge >= 0.3 is 0 Å². The summed E-state index contributed by atoms with van der Waals surface area (Å²) < 4.78 is 37.1. The van der Waals surface area contributed by atoms with Crippen molar-refractivity contribution in [3.63, 3.8) is 0 Å². The van der Waals surface area contributed by atoms with Crippen LogP contribution in [0.1, 0.15) is 33.4 Å². The smallest absolute Gasteiger partial charge is 0.283 e. The van der Waals surface area contributed by atoms with Gasteiger partial charge in [-0.05, 0) is 56.0 Å². The highest BCUT2D eigenvalue weighted by atomic mass is 32.2. The van der Waals surface area contributed by atoms with Crippen molar-refractivity contribution in [3.8, 4) is 0 Å². The van der Waals surface area contributed by atoms with Crippen molar-refractivity contribution in [2.75, 3.05) is 26.3 Å². The van der Waals surface area contributed by atoms with Crippen LogP contribution < -0.4 is 0 Å². The number of morpholine rings is 1. The van der Waals surface area contributed by atoms with Gasteiger partial charge in [0.05, 0.1) is 29.5 Å². The van der Waals surface area contributed by atoms with Crippen LogP contribution in [0.5, 0.6) is 0 Å². The number of allylic oxidation sites excluding steroid dienone is 1. The first-order valence-electron chi connectivity index (χ1n) is 10.6. The summed E-state index contributed by atoms with van der Waals surface area (Å²) in [5.41, 5.74) is 4.65. The maximum absolute atomic E-state index is 13.5. The number of hydrogen-bond donors (Lipinski definition) is 2. The van der Waals surface area contributed by atoms with Crippen LogP contribution in [0.25, 0.3) is 0 Å². The summed E-state index contributed by atoms with van der Waals surface area (Å²) in [6, 6.07) is 8.94. The Kier molecular flexibility index (Phi) is 5.75. The van der Waals surface area contributed by atoms with Crippen LogP contribution in [0.15, 0.2) is 51.4 Å². The van der Waals surface area contributed by atoms with Gasteiger partial charge in [-0.15, -0.1) is 0 Å². The summed E-state index contributed by atoms with van der Waals surface area (Å²) in [7, 11) is -4.04. The number of sulfonamides is 1. The average molecular weight is 457 g/mol. The second-order valence-corrected chi connectivity index (χ2v) is 9.86. The van der Waals surface area contributed by atoms with Crippen molar-refractivity contribution in [1.82, 2.24) is 4.90 Å². The molecule has 1 saturated heterocycles. The first-order valence-corrected chi connectivity index (χ1v) is 12.0. The molecule has 32 heavy (non-hydrogen) atoms. The van der Waals surface area contributed by atoms with Gasteiger partial charge in [-0.25, -0.2) is 0 Å². The number of ether oxygens (including phenoxy) is 1. The average Bonchev–Trinajstić information content (AvgIpc) is 2.74. The molecule has 0 spiro atoms. The lowest BCUT2D eigenvalue weighted by molar-refractivity contribution is -0.219. The highest BCUT2D eigenvalue weighted by molar-refractivity contribution is 7.90. The van der Waals surface area contributed by atoms with Crippen molar-refractivity contribution < 1.29 is 23.4 Å². The Balaban J connectivity index is 1.95. The van der Waals surface area contributed by atoms with E-state index in [0.717, 1.165) is 11.1 Å². The number of aliphatic hydroxyl groups is 2. The topological polar surface area (TPSA) is 99.4 Å². The van der Waals surface area contributed by atoms with Crippen molar-refractivity contribution >= 4 is 15.7 Å². The molecule has 0 bridgehead atoms. The summed E-state index contributed by atoms with van der Waals surface area (Å²) in [6.45, 7) is 8.27. The first-order chi connectivity index (χ1) is 15.1. The fourth-order valence-corrected chi connectivity index (χ4v) is 6.09. The minimum Gasteiger partial charge on any atom is -0.395 e. The largest absolute Gasteiger partial charge is 0.395 e. The lowest BCUT2D eigenvalue weighted by Gasteiger charge is -2.45. The summed E-state index contributed by atoms with van der Waals surface area (Å²) in [5, 5.41) is 20.9. The van der Waals surface area contributed by atoms with E-state index < -0.39 is 15.8 Å². The van der Waals surface area contributed by atoms with E-state index in [4.69, 9.17) is 4.74 Å². The minimum atomic E-state index is -4.04. The number of fused-ring (bicyclic) bond motifs is 3. The third-order valence-electron chi connectivity index (χ3n) is 6.35. The molecule has 1 unspecified atom stereocenters. The van der Waals surface area contributed by atoms with E-state index in [9.17, 15) is 18.6 Å². The number of benzene rings is 2. The molecule has 1 heterocycles. The van der Waals surface area contributed by atoms with Gasteiger partial charge < -0.3 is 19.8 Å². The van der Waals surface area contributed by atoms with E-state index in [0.29, 0.717) is 34.5 Å². The molecule has 0 saturated carbocycles. The molecular formula is C24H28N2O5S. The zero-order valence-corrected chi connectivity index (χ0v) is 19.5. The number of β-amino-alcohol motifs (C(OH)–C–C–N with tert-alkyl or cyclic N) is 1. The Morgan fingerprint density at radius 3 is 2.44 bits per heavy atom. The van der Waals surface area contributed by atoms with Gasteiger partial charge in [-0.3, -0.25) is 0 Å². The zero-order chi connectivity index (χ0) is 23.3. The maximum atomic E-state index is 13.5. The quantitative estimate of drug-likeness (QED) is 0.733. The molecule has 170 valence electrons. The summed E-state index contributed by atoms with van der Waals surface area (Å²) in [6.07, 6.45) is 1.56. The van der Waals surface area contributed by atoms with Gasteiger partial charge in [0.15, 0.2) is 0 Å². The SMILES string of the molecule is Cc1cc(C)c(C)c(S(=O)(=O)/N=C2/C=C3N(CCO)CCOC3(O)c3ccccc32)c1C. The minimum absolute atomic E-state index is 0.110. The molecular weight excluding hydrogens is 428 g/mol. The van der Waals surface area contributed by atoms with Crippen molar-refractivity contribution in [3.05, 3.63) is 75.5 Å². The van der Waals surface area contributed by atoms with Gasteiger partial charge in [-0.1, -0.05) is 30.3 Å². The van der Waals surface area contributed by atoms with E-state index in [2.05, 4.69) is 4.40 Å². The lowest BCUT2D eigenvalue weighted by Crippen LogP contribution is -2.50. The summed E-state index contributed by atoms with van der Waals surface area (Å²) in [5.74, 6) is -1.72. The van der Waals surface area contributed by atoms with E-state index in [-0.39, 0.29) is 30.4 Å². The van der Waals surface area contributed by atoms with Gasteiger partial charge in [0.25, 0.3) is 10.0 Å². The highest BCUT2D eigenvalue weighted by Gasteiger charge is 2.46. The van der Waals surface area contributed by atoms with E-state index in [1.54, 1.807) is 49.1 Å². The van der Waals surface area contributed by atoms with Crippen LogP contribution in [0.3, 0.4) is 0 Å². The Bertz CT molecular complexity index is 1220. The number of hydrogen-bond acceptors (Lipinski definition) is 6. The Labute approximate surface area is 188 Å². The van der Waals surface area contributed by atoms with Crippen LogP contribution in [-0.2, 0) is 20.5 Å². The van der Waals surface area contributed by atoms with Crippen LogP contribution in [0, 0.1) is 27.7 Å². The summed E-state index contributed by atoms with van der Waals surface area (Å²) in [4.78, 5) is 2.01. The number of aliphatic hydroxyl groups excluding tert-OH is 1. The Morgan fingerprint density at radius 1 is 1.12 bits per heavy atom. The van der Waals surface area contributed by atoms with E-state index in [1.165, 1.54) is 0 Å². The van der Waals surface area contributed by atoms with Gasteiger partial charge in [-0.2, -0.15) is 12.8 Å². The maximum Gasteiger partial charge on any atom is 0.283 e. The standard InChI is InChI=1S/C24H28N2O5S/c1-15-13-16(2)18(4)23(17(15)3)32(29,30)25-21-14-22-24(28,20-8-6-5-7-19(20)21)31-12-10-26(22)9-11-27/h5-8,13-14,27-28H,9-12H2,1-4H3/b25-21-. The van der Waals surface area contributed by atoms with Gasteiger partial charge in [0, 0.05) is 24.2 Å². The fraction of sp³-hybridized carbons (Fsp3) is 0.375. The van der Waals surface area contributed by atoms with Gasteiger partial charge in [0.1, 0.15) is 0 Å². The predicted molar refractivity (Wildman–Crippen MR) is 122 cm³/mol. The zero-order valence-electron chi connectivity index (χ0n) is 18.7. The fourth-order valence-electron chi connectivity index (χ4n) is 4.50. The molecule has 0 radical (unpaired) electrons. The second kappa shape index (κ2) is 8.12. The normalized spacial score (nSPS) is 21.9. The molecule has 2 N–H and O–H groups in total. The molecule has 0 amide bonds. The molecule has 7 nitrogen and oxygen atoms in total. The molecule has 0 aromatic heterocycles. The summed E-state index contributed by atoms with van der Waals surface area (Å²) >= 11 is 0. The van der Waals surface area contributed by atoms with Crippen LogP contribution >= 0.6 is 0 Å². The molecule has 1 aliphatic heterocycles. The lowest BCUT2D eigenvalue weighted by atomic mass is 9.86. The van der Waals surface area contributed by atoms with Crippen molar-refractivity contribution in [1.29, 1.82) is 0 Å². The molecule has 1 aliphatic carbocycles. The highest BCUT2D eigenvalue weighted by Crippen LogP contribution is 2.41. The molecule has 2 aromatic carbocycles. The Hall–Kier alpha value is -2.52. The first kappa shape index (κ1) is 22.7. The number of rotatable bonds is 4. The van der Waals surface area contributed by atoms with Crippen LogP contribution in [0.2, 0.25) is 0 Å². The molecule has 2 aliphatic rings. The number of aryl methyl sites for hydroxylation is 2. The molecule has 2 aromatic rings. The monoisotopic (exact) mass is 456 g/mol.